The predicted molar refractivity (Wildman–Crippen MR) is 124 cm³/mol. The van der Waals surface area contributed by atoms with Crippen LogP contribution >= 0.6 is 0 Å². The molecular weight excluding hydrogens is 379 g/mol. The van der Waals surface area contributed by atoms with Crippen LogP contribution in [0.2, 0.25) is 0 Å². The molecule has 2 fully saturated rings. The van der Waals surface area contributed by atoms with Crippen LogP contribution in [-0.4, -0.2) is 105 Å². The molecule has 0 aromatic heterocycles. The molecular formula is C24H43FN4O. The number of likely N-dealkylation sites (tertiary alicyclic amines) is 1. The first-order valence-electron chi connectivity index (χ1n) is 11.4. The molecule has 0 N–H and O–H groups in total. The second kappa shape index (κ2) is 12.0. The summed E-state index contributed by atoms with van der Waals surface area (Å²) in [5.41, 5.74) is 1.19. The van der Waals surface area contributed by atoms with E-state index in [1.165, 1.54) is 5.57 Å². The average molecular weight is 423 g/mol. The third-order valence-electron chi connectivity index (χ3n) is 6.52. The molecule has 2 rings (SSSR count). The summed E-state index contributed by atoms with van der Waals surface area (Å²) < 4.78 is 20.6. The van der Waals surface area contributed by atoms with Crippen molar-refractivity contribution < 1.29 is 9.13 Å². The largest absolute Gasteiger partial charge is 0.362 e. The third-order valence-corrected chi connectivity index (χ3v) is 6.52. The first kappa shape index (κ1) is 25.1. The summed E-state index contributed by atoms with van der Waals surface area (Å²) in [6, 6.07) is 0. The summed E-state index contributed by atoms with van der Waals surface area (Å²) in [5, 5.41) is 0. The van der Waals surface area contributed by atoms with Crippen LogP contribution in [-0.2, 0) is 4.74 Å². The molecule has 0 bridgehead atoms. The minimum atomic E-state index is -1.01. The molecule has 0 spiro atoms. The smallest absolute Gasteiger partial charge is 0.126 e. The number of nitrogens with zero attached hydrogens (tertiary/aromatic N) is 4. The van der Waals surface area contributed by atoms with Gasteiger partial charge in [-0.2, -0.15) is 0 Å². The predicted octanol–water partition coefficient (Wildman–Crippen LogP) is 3.37. The van der Waals surface area contributed by atoms with Crippen molar-refractivity contribution in [3.05, 3.63) is 36.1 Å². The first-order valence-corrected chi connectivity index (χ1v) is 11.4. The highest BCUT2D eigenvalue weighted by Gasteiger charge is 2.36. The number of alkyl halides is 1. The zero-order chi connectivity index (χ0) is 22.1. The zero-order valence-electron chi connectivity index (χ0n) is 19.9. The van der Waals surface area contributed by atoms with Crippen molar-refractivity contribution in [3.63, 3.8) is 0 Å². The van der Waals surface area contributed by atoms with E-state index in [1.807, 2.05) is 18.9 Å². The molecule has 1 unspecified atom stereocenters. The lowest BCUT2D eigenvalue weighted by Crippen LogP contribution is -2.53. The summed E-state index contributed by atoms with van der Waals surface area (Å²) in [7, 11) is 5.80. The number of hydrogen-bond acceptors (Lipinski definition) is 5. The number of ether oxygens (including phenoxy) is 1. The molecule has 0 saturated carbocycles. The lowest BCUT2D eigenvalue weighted by molar-refractivity contribution is 0.0160. The van der Waals surface area contributed by atoms with E-state index >= 15 is 4.39 Å². The second-order valence-electron chi connectivity index (χ2n) is 8.97. The van der Waals surface area contributed by atoms with Crippen LogP contribution in [0, 0.1) is 0 Å². The van der Waals surface area contributed by atoms with Crippen LogP contribution in [0.15, 0.2) is 36.1 Å². The summed E-state index contributed by atoms with van der Waals surface area (Å²) in [5.74, 6) is 0. The molecule has 2 heterocycles. The summed E-state index contributed by atoms with van der Waals surface area (Å²) in [6.45, 7) is 15.4. The highest BCUT2D eigenvalue weighted by atomic mass is 19.1. The quantitative estimate of drug-likeness (QED) is 0.397. The Labute approximate surface area is 183 Å². The van der Waals surface area contributed by atoms with Crippen molar-refractivity contribution >= 4 is 0 Å². The normalized spacial score (nSPS) is 23.1. The molecule has 30 heavy (non-hydrogen) atoms. The summed E-state index contributed by atoms with van der Waals surface area (Å²) in [6.07, 6.45) is 8.88. The number of rotatable bonds is 10. The summed E-state index contributed by atoms with van der Waals surface area (Å²) >= 11 is 0. The van der Waals surface area contributed by atoms with Crippen LogP contribution in [0.5, 0.6) is 0 Å². The van der Waals surface area contributed by atoms with Crippen molar-refractivity contribution in [1.29, 1.82) is 0 Å². The van der Waals surface area contributed by atoms with Gasteiger partial charge in [0.2, 0.25) is 0 Å². The molecule has 6 heteroatoms. The molecule has 0 amide bonds. The molecule has 5 nitrogen and oxygen atoms in total. The SMILES string of the molecule is C=C(/C=C(\C=C/CC)CN1CCN(CC2(F)CCN(C)CC2)CC1)N(C)C(C)OC. The van der Waals surface area contributed by atoms with E-state index in [-0.39, 0.29) is 6.23 Å². The van der Waals surface area contributed by atoms with Gasteiger partial charge in [-0.15, -0.1) is 0 Å². The number of likely N-dealkylation sites (N-methyl/N-ethyl adjacent to an activating group) is 1. The van der Waals surface area contributed by atoms with Crippen LogP contribution in [0.4, 0.5) is 4.39 Å². The number of methoxy groups -OCH3 is 1. The maximum atomic E-state index is 15.2. The van der Waals surface area contributed by atoms with E-state index in [9.17, 15) is 0 Å². The molecule has 2 saturated heterocycles. The Morgan fingerprint density at radius 1 is 1.17 bits per heavy atom. The standard InChI is InChI=1S/C24H43FN4O/c1-7-8-9-23(18-21(2)27(5)22(3)30-6)19-28-14-16-29(17-15-28)20-24(25)10-12-26(4)13-11-24/h8-9,18,22H,2,7,10-17,19-20H2,1,3-6H3/b9-8-,23-18+. The van der Waals surface area contributed by atoms with E-state index in [2.05, 4.69) is 53.5 Å². The van der Waals surface area contributed by atoms with Gasteiger partial charge < -0.3 is 14.5 Å². The number of halogens is 1. The Morgan fingerprint density at radius 2 is 1.77 bits per heavy atom. The fourth-order valence-electron chi connectivity index (χ4n) is 4.06. The Hall–Kier alpha value is -1.21. The first-order chi connectivity index (χ1) is 14.3. The lowest BCUT2D eigenvalue weighted by Gasteiger charge is -2.41. The highest BCUT2D eigenvalue weighted by Crippen LogP contribution is 2.27. The Morgan fingerprint density at radius 3 is 2.33 bits per heavy atom. The lowest BCUT2D eigenvalue weighted by atomic mass is 9.92. The van der Waals surface area contributed by atoms with Crippen molar-refractivity contribution in [2.45, 2.75) is 45.0 Å². The highest BCUT2D eigenvalue weighted by molar-refractivity contribution is 5.29. The van der Waals surface area contributed by atoms with E-state index in [1.54, 1.807) is 7.11 Å². The average Bonchev–Trinajstić information content (AvgIpc) is 2.74. The molecule has 172 valence electrons. The maximum Gasteiger partial charge on any atom is 0.126 e. The fourth-order valence-corrected chi connectivity index (χ4v) is 4.06. The van der Waals surface area contributed by atoms with Gasteiger partial charge in [0.25, 0.3) is 0 Å². The van der Waals surface area contributed by atoms with Gasteiger partial charge in [0.1, 0.15) is 11.9 Å². The molecule has 2 aliphatic rings. The van der Waals surface area contributed by atoms with Crippen LogP contribution in [0.1, 0.15) is 33.1 Å². The molecule has 0 aliphatic carbocycles. The summed E-state index contributed by atoms with van der Waals surface area (Å²) in [4.78, 5) is 9.06. The Balaban J connectivity index is 1.88. The topological polar surface area (TPSA) is 22.2 Å². The number of piperazine rings is 1. The number of allylic oxidation sites excluding steroid dienone is 2. The van der Waals surface area contributed by atoms with Gasteiger partial charge in [-0.25, -0.2) is 4.39 Å². The second-order valence-corrected chi connectivity index (χ2v) is 8.97. The maximum absolute atomic E-state index is 15.2. The molecule has 1 atom stereocenters. The molecule has 0 radical (unpaired) electrons. The van der Waals surface area contributed by atoms with Crippen LogP contribution in [0.3, 0.4) is 0 Å². The van der Waals surface area contributed by atoms with Crippen molar-refractivity contribution in [2.24, 2.45) is 0 Å². The molecule has 0 aromatic rings. The van der Waals surface area contributed by atoms with Crippen LogP contribution < -0.4 is 0 Å². The number of piperidine rings is 1. The van der Waals surface area contributed by atoms with Gasteiger partial charge in [-0.3, -0.25) is 9.80 Å². The zero-order valence-corrected chi connectivity index (χ0v) is 19.9. The van der Waals surface area contributed by atoms with Crippen molar-refractivity contribution in [3.8, 4) is 0 Å². The number of hydrogen-bond donors (Lipinski definition) is 0. The van der Waals surface area contributed by atoms with Crippen molar-refractivity contribution in [1.82, 2.24) is 19.6 Å². The van der Waals surface area contributed by atoms with Crippen LogP contribution in [0.25, 0.3) is 0 Å². The van der Waals surface area contributed by atoms with Gasteiger partial charge in [0, 0.05) is 72.2 Å². The van der Waals surface area contributed by atoms with E-state index < -0.39 is 5.67 Å². The molecule has 2 aliphatic heterocycles. The third kappa shape index (κ3) is 7.80. The van der Waals surface area contributed by atoms with Gasteiger partial charge in [-0.05, 0) is 44.9 Å². The van der Waals surface area contributed by atoms with Gasteiger partial charge in [-0.1, -0.05) is 25.7 Å². The molecule has 0 aromatic carbocycles. The minimum absolute atomic E-state index is 0.0127. The van der Waals surface area contributed by atoms with Crippen molar-refractivity contribution in [2.75, 3.05) is 73.6 Å². The van der Waals surface area contributed by atoms with E-state index in [4.69, 9.17) is 4.74 Å². The minimum Gasteiger partial charge on any atom is -0.362 e. The van der Waals surface area contributed by atoms with Gasteiger partial charge in [0.15, 0.2) is 0 Å². The van der Waals surface area contributed by atoms with E-state index in [0.29, 0.717) is 19.4 Å². The van der Waals surface area contributed by atoms with Gasteiger partial charge in [0.05, 0.1) is 0 Å². The Kier molecular flexibility index (Phi) is 10.0. The Bertz CT molecular complexity index is 590. The van der Waals surface area contributed by atoms with Gasteiger partial charge >= 0.3 is 0 Å². The monoisotopic (exact) mass is 422 g/mol. The van der Waals surface area contributed by atoms with E-state index in [0.717, 1.165) is 57.9 Å². The fraction of sp³-hybridized carbons (Fsp3) is 0.750.